The van der Waals surface area contributed by atoms with Crippen LogP contribution in [0.4, 0.5) is 24.9 Å². The van der Waals surface area contributed by atoms with Crippen molar-refractivity contribution in [3.05, 3.63) is 11.8 Å². The zero-order valence-corrected chi connectivity index (χ0v) is 12.3. The van der Waals surface area contributed by atoms with Gasteiger partial charge in [-0.05, 0) is 26.7 Å². The van der Waals surface area contributed by atoms with E-state index in [1.54, 1.807) is 6.92 Å². The van der Waals surface area contributed by atoms with Crippen LogP contribution in [-0.2, 0) is 6.18 Å². The molecule has 1 fully saturated rings. The molecule has 0 bridgehead atoms. The lowest BCUT2D eigenvalue weighted by Crippen LogP contribution is -2.37. The maximum atomic E-state index is 12.9. The lowest BCUT2D eigenvalue weighted by atomic mass is 9.83. The molecule has 0 unspecified atom stereocenters. The minimum atomic E-state index is -4.48. The normalized spacial score (nSPS) is 18.3. The van der Waals surface area contributed by atoms with Crippen LogP contribution < -0.4 is 10.6 Å². The van der Waals surface area contributed by atoms with Gasteiger partial charge in [0.1, 0.15) is 5.82 Å². The third kappa shape index (κ3) is 4.22. The van der Waals surface area contributed by atoms with Gasteiger partial charge in [-0.2, -0.15) is 18.2 Å². The van der Waals surface area contributed by atoms with Gasteiger partial charge in [-0.1, -0.05) is 19.3 Å². The van der Waals surface area contributed by atoms with Gasteiger partial charge in [-0.15, -0.1) is 0 Å². The third-order valence-electron chi connectivity index (χ3n) is 3.74. The molecule has 0 spiro atoms. The van der Waals surface area contributed by atoms with Crippen molar-refractivity contribution in [3.8, 4) is 0 Å². The Labute approximate surface area is 122 Å². The molecule has 7 heteroatoms. The van der Waals surface area contributed by atoms with Gasteiger partial charge in [0.05, 0.1) is 0 Å². The Balaban J connectivity index is 2.27. The highest BCUT2D eigenvalue weighted by atomic mass is 19.4. The standard InChI is InChI=1S/C14H21F3N4/c1-3-18-12-19-10(14(15,16)17)9-11(20-12)21-13(2)7-5-4-6-8-13/h9H,3-8H2,1-2H3,(H2,18,19,20,21). The zero-order valence-electron chi connectivity index (χ0n) is 12.3. The van der Waals surface area contributed by atoms with Crippen molar-refractivity contribution >= 4 is 11.8 Å². The van der Waals surface area contributed by atoms with Crippen LogP contribution >= 0.6 is 0 Å². The molecule has 0 radical (unpaired) electrons. The molecule has 0 aliphatic heterocycles. The van der Waals surface area contributed by atoms with Crippen LogP contribution in [0, 0.1) is 0 Å². The molecule has 1 heterocycles. The Bertz CT molecular complexity index is 482. The Hall–Kier alpha value is -1.53. The molecule has 1 aromatic heterocycles. The highest BCUT2D eigenvalue weighted by Crippen LogP contribution is 2.33. The summed E-state index contributed by atoms with van der Waals surface area (Å²) in [7, 11) is 0. The number of halogens is 3. The second-order valence-electron chi connectivity index (χ2n) is 5.74. The van der Waals surface area contributed by atoms with E-state index in [-0.39, 0.29) is 17.3 Å². The summed E-state index contributed by atoms with van der Waals surface area (Å²) in [6.07, 6.45) is 0.750. The first kappa shape index (κ1) is 15.9. The van der Waals surface area contributed by atoms with Crippen molar-refractivity contribution in [1.82, 2.24) is 9.97 Å². The summed E-state index contributed by atoms with van der Waals surface area (Å²) in [5.74, 6) is 0.243. The highest BCUT2D eigenvalue weighted by Gasteiger charge is 2.34. The molecule has 0 aromatic carbocycles. The molecule has 1 aliphatic rings. The molecular weight excluding hydrogens is 281 g/mol. The molecular formula is C14H21F3N4. The summed E-state index contributed by atoms with van der Waals surface area (Å²) in [4.78, 5) is 7.67. The first-order valence-corrected chi connectivity index (χ1v) is 7.31. The van der Waals surface area contributed by atoms with Crippen molar-refractivity contribution in [1.29, 1.82) is 0 Å². The van der Waals surface area contributed by atoms with Crippen LogP contribution in [-0.4, -0.2) is 22.1 Å². The third-order valence-corrected chi connectivity index (χ3v) is 3.74. The highest BCUT2D eigenvalue weighted by molar-refractivity contribution is 5.45. The van der Waals surface area contributed by atoms with Crippen LogP contribution in [0.25, 0.3) is 0 Å². The van der Waals surface area contributed by atoms with Crippen molar-refractivity contribution in [2.24, 2.45) is 0 Å². The predicted octanol–water partition coefficient (Wildman–Crippen LogP) is 4.06. The van der Waals surface area contributed by atoms with Gasteiger partial charge < -0.3 is 10.6 Å². The largest absolute Gasteiger partial charge is 0.433 e. The van der Waals surface area contributed by atoms with E-state index in [4.69, 9.17) is 0 Å². The smallest absolute Gasteiger partial charge is 0.365 e. The van der Waals surface area contributed by atoms with E-state index < -0.39 is 11.9 Å². The summed E-state index contributed by atoms with van der Waals surface area (Å²) < 4.78 is 38.7. The van der Waals surface area contributed by atoms with E-state index in [1.807, 2.05) is 6.92 Å². The summed E-state index contributed by atoms with van der Waals surface area (Å²) in [6, 6.07) is 0.987. The fourth-order valence-corrected chi connectivity index (χ4v) is 2.66. The molecule has 21 heavy (non-hydrogen) atoms. The summed E-state index contributed by atoms with van der Waals surface area (Å²) >= 11 is 0. The summed E-state index contributed by atoms with van der Waals surface area (Å²) in [6.45, 7) is 4.30. The van der Waals surface area contributed by atoms with E-state index in [9.17, 15) is 13.2 Å². The lowest BCUT2D eigenvalue weighted by Gasteiger charge is -2.35. The number of rotatable bonds is 4. The quantitative estimate of drug-likeness (QED) is 0.880. The monoisotopic (exact) mass is 302 g/mol. The van der Waals surface area contributed by atoms with Gasteiger partial charge >= 0.3 is 6.18 Å². The molecule has 4 nitrogen and oxygen atoms in total. The van der Waals surface area contributed by atoms with Crippen molar-refractivity contribution < 1.29 is 13.2 Å². The Morgan fingerprint density at radius 3 is 2.43 bits per heavy atom. The Morgan fingerprint density at radius 2 is 1.86 bits per heavy atom. The maximum Gasteiger partial charge on any atom is 0.433 e. The lowest BCUT2D eigenvalue weighted by molar-refractivity contribution is -0.141. The average Bonchev–Trinajstić information content (AvgIpc) is 2.38. The first-order chi connectivity index (χ1) is 9.82. The number of aromatic nitrogens is 2. The number of anilines is 2. The van der Waals surface area contributed by atoms with Gasteiger partial charge in [0, 0.05) is 18.2 Å². The molecule has 1 saturated carbocycles. The first-order valence-electron chi connectivity index (χ1n) is 7.31. The minimum absolute atomic E-state index is 0.00855. The van der Waals surface area contributed by atoms with Crippen LogP contribution in [0.3, 0.4) is 0 Å². The number of hydrogen-bond donors (Lipinski definition) is 2. The maximum absolute atomic E-state index is 12.9. The number of nitrogens with zero attached hydrogens (tertiary/aromatic N) is 2. The van der Waals surface area contributed by atoms with E-state index in [1.165, 1.54) is 6.42 Å². The predicted molar refractivity (Wildman–Crippen MR) is 76.3 cm³/mol. The van der Waals surface area contributed by atoms with Crippen LogP contribution in [0.5, 0.6) is 0 Å². The van der Waals surface area contributed by atoms with E-state index in [0.29, 0.717) is 6.54 Å². The van der Waals surface area contributed by atoms with Gasteiger partial charge in [0.15, 0.2) is 5.69 Å². The van der Waals surface area contributed by atoms with E-state index in [2.05, 4.69) is 20.6 Å². The Morgan fingerprint density at radius 1 is 1.19 bits per heavy atom. The molecule has 0 saturated heterocycles. The molecule has 1 aliphatic carbocycles. The number of alkyl halides is 3. The SMILES string of the molecule is CCNc1nc(NC2(C)CCCCC2)cc(C(F)(F)F)n1. The van der Waals surface area contributed by atoms with Gasteiger partial charge in [-0.3, -0.25) is 0 Å². The molecule has 2 N–H and O–H groups in total. The molecule has 0 atom stereocenters. The average molecular weight is 302 g/mol. The number of nitrogens with one attached hydrogen (secondary N) is 2. The van der Waals surface area contributed by atoms with Gasteiger partial charge in [0.2, 0.25) is 5.95 Å². The van der Waals surface area contributed by atoms with Crippen molar-refractivity contribution in [3.63, 3.8) is 0 Å². The van der Waals surface area contributed by atoms with Gasteiger partial charge in [-0.25, -0.2) is 4.98 Å². The summed E-state index contributed by atoms with van der Waals surface area (Å²) in [5, 5.41) is 5.93. The van der Waals surface area contributed by atoms with Crippen molar-refractivity contribution in [2.75, 3.05) is 17.2 Å². The van der Waals surface area contributed by atoms with Crippen LogP contribution in [0.2, 0.25) is 0 Å². The molecule has 118 valence electrons. The van der Waals surface area contributed by atoms with Crippen LogP contribution in [0.1, 0.15) is 51.6 Å². The fourth-order valence-electron chi connectivity index (χ4n) is 2.66. The molecule has 1 aromatic rings. The molecule has 2 rings (SSSR count). The molecule has 0 amide bonds. The van der Waals surface area contributed by atoms with Crippen molar-refractivity contribution in [2.45, 2.75) is 57.7 Å². The number of hydrogen-bond acceptors (Lipinski definition) is 4. The second-order valence-corrected chi connectivity index (χ2v) is 5.74. The van der Waals surface area contributed by atoms with E-state index >= 15 is 0 Å². The van der Waals surface area contributed by atoms with Gasteiger partial charge in [0.25, 0.3) is 0 Å². The summed E-state index contributed by atoms with van der Waals surface area (Å²) in [5.41, 5.74) is -1.12. The minimum Gasteiger partial charge on any atom is -0.365 e. The zero-order chi connectivity index (χ0) is 15.5. The fraction of sp³-hybridized carbons (Fsp3) is 0.714. The topological polar surface area (TPSA) is 49.8 Å². The second kappa shape index (κ2) is 6.07. The van der Waals surface area contributed by atoms with Crippen LogP contribution in [0.15, 0.2) is 6.07 Å². The van der Waals surface area contributed by atoms with E-state index in [0.717, 1.165) is 31.7 Å². The Kier molecular flexibility index (Phi) is 4.58.